The molecule has 1 aromatic carbocycles. The summed E-state index contributed by atoms with van der Waals surface area (Å²) in [5, 5.41) is 19.4. The van der Waals surface area contributed by atoms with E-state index in [9.17, 15) is 5.11 Å². The van der Waals surface area contributed by atoms with Crippen LogP contribution in [0.25, 0.3) is 0 Å². The summed E-state index contributed by atoms with van der Waals surface area (Å²) in [5.74, 6) is 0. The second kappa shape index (κ2) is 6.70. The number of aryl methyl sites for hydroxylation is 1. The summed E-state index contributed by atoms with van der Waals surface area (Å²) < 4.78 is 5.53. The van der Waals surface area contributed by atoms with Crippen molar-refractivity contribution in [2.75, 3.05) is 6.61 Å². The third-order valence-electron chi connectivity index (χ3n) is 3.96. The summed E-state index contributed by atoms with van der Waals surface area (Å²) in [5.41, 5.74) is 0.464. The van der Waals surface area contributed by atoms with Gasteiger partial charge in [-0.15, -0.1) is 0 Å². The molecule has 0 bridgehead atoms. The molecular weight excluding hydrogens is 238 g/mol. The van der Waals surface area contributed by atoms with E-state index in [4.69, 9.17) is 10.00 Å². The molecule has 0 aromatic heterocycles. The second-order valence-electron chi connectivity index (χ2n) is 5.29. The Morgan fingerprint density at radius 1 is 1.32 bits per heavy atom. The van der Waals surface area contributed by atoms with Crippen LogP contribution in [0.3, 0.4) is 0 Å². The second-order valence-corrected chi connectivity index (χ2v) is 5.29. The van der Waals surface area contributed by atoms with Gasteiger partial charge < -0.3 is 9.84 Å². The first-order valence-corrected chi connectivity index (χ1v) is 6.99. The molecule has 0 spiro atoms. The Balaban J connectivity index is 1.96. The fourth-order valence-corrected chi connectivity index (χ4v) is 2.86. The van der Waals surface area contributed by atoms with Gasteiger partial charge in [-0.05, 0) is 31.2 Å². The smallest absolute Gasteiger partial charge is 0.134 e. The van der Waals surface area contributed by atoms with Crippen LogP contribution in [0.4, 0.5) is 0 Å². The molecule has 19 heavy (non-hydrogen) atoms. The minimum Gasteiger partial charge on any atom is -0.387 e. The van der Waals surface area contributed by atoms with E-state index in [1.807, 2.05) is 24.3 Å². The number of aliphatic hydroxyl groups is 1. The molecular formula is C16H21NO2. The first-order chi connectivity index (χ1) is 9.24. The largest absolute Gasteiger partial charge is 0.387 e. The Kier molecular flexibility index (Phi) is 4.95. The van der Waals surface area contributed by atoms with E-state index in [0.29, 0.717) is 6.42 Å². The van der Waals surface area contributed by atoms with E-state index in [1.165, 1.54) is 5.56 Å². The SMILES string of the molecule is N#CCOC1CCCCC1(O)CCc1ccccc1. The number of ether oxygens (including phenoxy) is 1. The molecule has 1 aliphatic carbocycles. The molecule has 0 radical (unpaired) electrons. The highest BCUT2D eigenvalue weighted by Gasteiger charge is 2.39. The van der Waals surface area contributed by atoms with Crippen LogP contribution in [0.15, 0.2) is 30.3 Å². The van der Waals surface area contributed by atoms with Gasteiger partial charge in [-0.2, -0.15) is 5.26 Å². The summed E-state index contributed by atoms with van der Waals surface area (Å²) in [6.07, 6.45) is 5.10. The monoisotopic (exact) mass is 259 g/mol. The highest BCUT2D eigenvalue weighted by atomic mass is 16.5. The van der Waals surface area contributed by atoms with Gasteiger partial charge in [0.05, 0.1) is 17.8 Å². The maximum Gasteiger partial charge on any atom is 0.134 e. The van der Waals surface area contributed by atoms with Crippen LogP contribution in [0.2, 0.25) is 0 Å². The molecule has 2 rings (SSSR count). The Morgan fingerprint density at radius 2 is 2.11 bits per heavy atom. The molecule has 102 valence electrons. The molecule has 3 heteroatoms. The molecule has 0 heterocycles. The van der Waals surface area contributed by atoms with Crippen molar-refractivity contribution in [1.82, 2.24) is 0 Å². The predicted molar refractivity (Wildman–Crippen MR) is 73.5 cm³/mol. The molecule has 3 nitrogen and oxygen atoms in total. The van der Waals surface area contributed by atoms with Gasteiger partial charge >= 0.3 is 0 Å². The summed E-state index contributed by atoms with van der Waals surface area (Å²) in [6.45, 7) is 0.0678. The maximum atomic E-state index is 10.8. The zero-order valence-electron chi connectivity index (χ0n) is 11.2. The first-order valence-electron chi connectivity index (χ1n) is 6.99. The van der Waals surface area contributed by atoms with E-state index in [0.717, 1.165) is 32.1 Å². The van der Waals surface area contributed by atoms with E-state index < -0.39 is 5.60 Å². The number of hydrogen-bond acceptors (Lipinski definition) is 3. The van der Waals surface area contributed by atoms with Gasteiger partial charge in [-0.1, -0.05) is 43.2 Å². The van der Waals surface area contributed by atoms with Gasteiger partial charge in [-0.3, -0.25) is 0 Å². The molecule has 0 amide bonds. The highest BCUT2D eigenvalue weighted by Crippen LogP contribution is 2.34. The van der Waals surface area contributed by atoms with Crippen molar-refractivity contribution in [3.05, 3.63) is 35.9 Å². The molecule has 1 saturated carbocycles. The maximum absolute atomic E-state index is 10.8. The van der Waals surface area contributed by atoms with Crippen molar-refractivity contribution >= 4 is 0 Å². The van der Waals surface area contributed by atoms with E-state index >= 15 is 0 Å². The zero-order chi connectivity index (χ0) is 13.6. The fourth-order valence-electron chi connectivity index (χ4n) is 2.86. The van der Waals surface area contributed by atoms with E-state index in [2.05, 4.69) is 12.1 Å². The lowest BCUT2D eigenvalue weighted by molar-refractivity contribution is -0.128. The van der Waals surface area contributed by atoms with Crippen LogP contribution in [-0.4, -0.2) is 23.4 Å². The van der Waals surface area contributed by atoms with Gasteiger partial charge in [0.15, 0.2) is 0 Å². The third-order valence-corrected chi connectivity index (χ3v) is 3.96. The lowest BCUT2D eigenvalue weighted by Gasteiger charge is -2.39. The molecule has 1 N–H and O–H groups in total. The number of nitriles is 1. The van der Waals surface area contributed by atoms with Crippen molar-refractivity contribution in [3.63, 3.8) is 0 Å². The fraction of sp³-hybridized carbons (Fsp3) is 0.562. The van der Waals surface area contributed by atoms with E-state index in [-0.39, 0.29) is 12.7 Å². The average molecular weight is 259 g/mol. The lowest BCUT2D eigenvalue weighted by Crippen LogP contribution is -2.46. The minimum atomic E-state index is -0.773. The Morgan fingerprint density at radius 3 is 2.84 bits per heavy atom. The third kappa shape index (κ3) is 3.79. The molecule has 2 unspecified atom stereocenters. The molecule has 1 aromatic rings. The normalized spacial score (nSPS) is 26.8. The van der Waals surface area contributed by atoms with Crippen molar-refractivity contribution in [3.8, 4) is 6.07 Å². The Bertz CT molecular complexity index is 426. The van der Waals surface area contributed by atoms with Crippen LogP contribution >= 0.6 is 0 Å². The van der Waals surface area contributed by atoms with Crippen LogP contribution < -0.4 is 0 Å². The van der Waals surface area contributed by atoms with Crippen LogP contribution in [-0.2, 0) is 11.2 Å². The van der Waals surface area contributed by atoms with Crippen molar-refractivity contribution in [2.24, 2.45) is 0 Å². The summed E-state index contributed by atoms with van der Waals surface area (Å²) in [6, 6.07) is 12.2. The zero-order valence-corrected chi connectivity index (χ0v) is 11.2. The number of hydrogen-bond donors (Lipinski definition) is 1. The summed E-state index contributed by atoms with van der Waals surface area (Å²) in [4.78, 5) is 0. The van der Waals surface area contributed by atoms with E-state index in [1.54, 1.807) is 0 Å². The number of benzene rings is 1. The standard InChI is InChI=1S/C16H21NO2/c17-12-13-19-15-8-4-5-10-16(15,18)11-9-14-6-2-1-3-7-14/h1-3,6-7,15,18H,4-5,8-11,13H2. The molecule has 1 fully saturated rings. The van der Waals surface area contributed by atoms with Crippen molar-refractivity contribution in [1.29, 1.82) is 5.26 Å². The topological polar surface area (TPSA) is 53.2 Å². The summed E-state index contributed by atoms with van der Waals surface area (Å²) >= 11 is 0. The van der Waals surface area contributed by atoms with Crippen molar-refractivity contribution < 1.29 is 9.84 Å². The van der Waals surface area contributed by atoms with Gasteiger partial charge in [0.2, 0.25) is 0 Å². The van der Waals surface area contributed by atoms with Crippen LogP contribution in [0.5, 0.6) is 0 Å². The number of rotatable bonds is 5. The lowest BCUT2D eigenvalue weighted by atomic mass is 9.78. The molecule has 2 atom stereocenters. The number of nitrogens with zero attached hydrogens (tertiary/aromatic N) is 1. The minimum absolute atomic E-state index is 0.0678. The van der Waals surface area contributed by atoms with Gasteiger partial charge in [0.1, 0.15) is 6.61 Å². The predicted octanol–water partition coefficient (Wildman–Crippen LogP) is 2.83. The Labute approximate surface area is 114 Å². The quantitative estimate of drug-likeness (QED) is 0.884. The van der Waals surface area contributed by atoms with Gasteiger partial charge in [0, 0.05) is 0 Å². The molecule has 0 saturated heterocycles. The molecule has 0 aliphatic heterocycles. The van der Waals surface area contributed by atoms with Crippen LogP contribution in [0.1, 0.15) is 37.7 Å². The van der Waals surface area contributed by atoms with Gasteiger partial charge in [-0.25, -0.2) is 0 Å². The Hall–Kier alpha value is -1.37. The average Bonchev–Trinajstić information content (AvgIpc) is 2.46. The summed E-state index contributed by atoms with van der Waals surface area (Å²) in [7, 11) is 0. The van der Waals surface area contributed by atoms with Crippen LogP contribution in [0, 0.1) is 11.3 Å². The molecule has 1 aliphatic rings. The van der Waals surface area contributed by atoms with Crippen molar-refractivity contribution in [2.45, 2.75) is 50.2 Å². The van der Waals surface area contributed by atoms with Gasteiger partial charge in [0.25, 0.3) is 0 Å². The first kappa shape index (κ1) is 14.0. The highest BCUT2D eigenvalue weighted by molar-refractivity contribution is 5.15.